The van der Waals surface area contributed by atoms with Crippen LogP contribution < -0.4 is 5.56 Å². The smallest absolute Gasteiger partial charge is 0.354 e. The lowest BCUT2D eigenvalue weighted by molar-refractivity contribution is 0.0689. The van der Waals surface area contributed by atoms with E-state index in [-0.39, 0.29) is 18.1 Å². The van der Waals surface area contributed by atoms with Gasteiger partial charge in [-0.05, 0) is 0 Å². The van der Waals surface area contributed by atoms with Gasteiger partial charge in [-0.25, -0.2) is 14.8 Å². The minimum atomic E-state index is -1.22. The average Bonchev–Trinajstić information content (AvgIpc) is 2.69. The second kappa shape index (κ2) is 3.97. The van der Waals surface area contributed by atoms with E-state index in [1.54, 1.807) is 23.3 Å². The van der Waals surface area contributed by atoms with Crippen LogP contribution in [0.25, 0.3) is 0 Å². The van der Waals surface area contributed by atoms with E-state index in [9.17, 15) is 9.59 Å². The number of carboxylic acids is 1. The van der Waals surface area contributed by atoms with E-state index in [0.29, 0.717) is 0 Å². The molecule has 7 heteroatoms. The lowest BCUT2D eigenvalue weighted by atomic mass is 10.4. The molecule has 2 heterocycles. The van der Waals surface area contributed by atoms with Crippen molar-refractivity contribution < 1.29 is 9.90 Å². The van der Waals surface area contributed by atoms with Crippen molar-refractivity contribution in [3.63, 3.8) is 0 Å². The van der Waals surface area contributed by atoms with Gasteiger partial charge in [0.2, 0.25) is 0 Å². The molecule has 82 valence electrons. The fraction of sp³-hybridized carbons (Fsp3) is 0.111. The molecule has 0 bridgehead atoms. The molecule has 0 aliphatic carbocycles. The van der Waals surface area contributed by atoms with Crippen LogP contribution in [0.15, 0.2) is 29.6 Å². The SMILES string of the molecule is O=C(O)c1cc(=O)[nH]c(Cn2ccnc2)n1. The van der Waals surface area contributed by atoms with Crippen molar-refractivity contribution in [3.8, 4) is 0 Å². The molecule has 2 aromatic heterocycles. The van der Waals surface area contributed by atoms with Crippen molar-refractivity contribution in [1.82, 2.24) is 19.5 Å². The summed E-state index contributed by atoms with van der Waals surface area (Å²) in [5.41, 5.74) is -0.749. The highest BCUT2D eigenvalue weighted by molar-refractivity contribution is 5.85. The number of imidazole rings is 1. The number of carboxylic acid groups (broad SMARTS) is 1. The van der Waals surface area contributed by atoms with Gasteiger partial charge in [-0.2, -0.15) is 0 Å². The summed E-state index contributed by atoms with van der Waals surface area (Å²) in [5, 5.41) is 8.73. The third kappa shape index (κ3) is 2.14. The Morgan fingerprint density at radius 1 is 1.56 bits per heavy atom. The minimum absolute atomic E-state index is 0.265. The summed E-state index contributed by atoms with van der Waals surface area (Å²) >= 11 is 0. The van der Waals surface area contributed by atoms with Gasteiger partial charge in [-0.1, -0.05) is 0 Å². The zero-order chi connectivity index (χ0) is 11.5. The second-order valence-corrected chi connectivity index (χ2v) is 3.12. The molecule has 0 atom stereocenters. The van der Waals surface area contributed by atoms with Gasteiger partial charge in [0.25, 0.3) is 5.56 Å². The Kier molecular flexibility index (Phi) is 2.50. The minimum Gasteiger partial charge on any atom is -0.477 e. The summed E-state index contributed by atoms with van der Waals surface area (Å²) in [6, 6.07) is 0.944. The standard InChI is InChI=1S/C9H8N4O3/c14-8-3-6(9(15)16)11-7(12-8)4-13-2-1-10-5-13/h1-3,5H,4H2,(H,15,16)(H,11,12,14). The summed E-state index contributed by atoms with van der Waals surface area (Å²) < 4.78 is 1.67. The van der Waals surface area contributed by atoms with Gasteiger partial charge in [0.1, 0.15) is 5.82 Å². The van der Waals surface area contributed by atoms with Crippen LogP contribution in [0.5, 0.6) is 0 Å². The van der Waals surface area contributed by atoms with E-state index >= 15 is 0 Å². The molecule has 0 radical (unpaired) electrons. The quantitative estimate of drug-likeness (QED) is 0.740. The molecule has 0 unspecified atom stereocenters. The zero-order valence-electron chi connectivity index (χ0n) is 8.12. The molecule has 0 saturated carbocycles. The normalized spacial score (nSPS) is 10.2. The molecular weight excluding hydrogens is 212 g/mol. The molecule has 16 heavy (non-hydrogen) atoms. The number of rotatable bonds is 3. The predicted octanol–water partition coefficient (Wildman–Crippen LogP) is -0.287. The Labute approximate surface area is 89.4 Å². The number of aromatic amines is 1. The maximum Gasteiger partial charge on any atom is 0.354 e. The Balaban J connectivity index is 2.34. The fourth-order valence-corrected chi connectivity index (χ4v) is 1.25. The van der Waals surface area contributed by atoms with Crippen LogP contribution in [-0.4, -0.2) is 30.6 Å². The Hall–Kier alpha value is -2.44. The van der Waals surface area contributed by atoms with Crippen LogP contribution in [0.4, 0.5) is 0 Å². The van der Waals surface area contributed by atoms with Crippen LogP contribution >= 0.6 is 0 Å². The summed E-state index contributed by atoms with van der Waals surface area (Å²) in [6.45, 7) is 0.274. The molecular formula is C9H8N4O3. The maximum absolute atomic E-state index is 11.2. The summed E-state index contributed by atoms with van der Waals surface area (Å²) in [5.74, 6) is -0.944. The largest absolute Gasteiger partial charge is 0.477 e. The number of nitrogens with zero attached hydrogens (tertiary/aromatic N) is 3. The first-order chi connectivity index (χ1) is 7.65. The van der Waals surface area contributed by atoms with Crippen LogP contribution in [0.1, 0.15) is 16.3 Å². The third-order valence-corrected chi connectivity index (χ3v) is 1.90. The molecule has 0 fully saturated rings. The molecule has 0 saturated heterocycles. The molecule has 2 N–H and O–H groups in total. The first kappa shape index (κ1) is 10.1. The fourth-order valence-electron chi connectivity index (χ4n) is 1.25. The van der Waals surface area contributed by atoms with Gasteiger partial charge in [0.05, 0.1) is 12.9 Å². The number of aromatic nitrogens is 4. The highest BCUT2D eigenvalue weighted by Crippen LogP contribution is 1.96. The Morgan fingerprint density at radius 2 is 2.38 bits per heavy atom. The van der Waals surface area contributed by atoms with Crippen molar-refractivity contribution in [3.05, 3.63) is 46.7 Å². The van der Waals surface area contributed by atoms with Gasteiger partial charge < -0.3 is 14.7 Å². The number of nitrogens with one attached hydrogen (secondary N) is 1. The molecule has 0 aliphatic heterocycles. The van der Waals surface area contributed by atoms with Gasteiger partial charge in [0, 0.05) is 18.5 Å². The topological polar surface area (TPSA) is 101 Å². The van der Waals surface area contributed by atoms with Crippen molar-refractivity contribution in [2.24, 2.45) is 0 Å². The molecule has 0 aliphatic rings. The highest BCUT2D eigenvalue weighted by atomic mass is 16.4. The number of aromatic carboxylic acids is 1. The van der Waals surface area contributed by atoms with Crippen molar-refractivity contribution in [1.29, 1.82) is 0 Å². The van der Waals surface area contributed by atoms with E-state index in [1.165, 1.54) is 0 Å². The van der Waals surface area contributed by atoms with Crippen LogP contribution in [0.3, 0.4) is 0 Å². The van der Waals surface area contributed by atoms with Crippen molar-refractivity contribution in [2.75, 3.05) is 0 Å². The van der Waals surface area contributed by atoms with E-state index in [1.807, 2.05) is 0 Å². The lowest BCUT2D eigenvalue weighted by Crippen LogP contribution is -2.17. The third-order valence-electron chi connectivity index (χ3n) is 1.90. The molecule has 0 amide bonds. The number of H-pyrrole nitrogens is 1. The second-order valence-electron chi connectivity index (χ2n) is 3.12. The first-order valence-electron chi connectivity index (χ1n) is 4.44. The van der Waals surface area contributed by atoms with Gasteiger partial charge >= 0.3 is 5.97 Å². The zero-order valence-corrected chi connectivity index (χ0v) is 8.12. The first-order valence-corrected chi connectivity index (χ1v) is 4.44. The van der Waals surface area contributed by atoms with Gasteiger partial charge in [0.15, 0.2) is 5.69 Å². The maximum atomic E-state index is 11.2. The molecule has 0 aromatic carbocycles. The van der Waals surface area contributed by atoms with Crippen LogP contribution in [0, 0.1) is 0 Å². The van der Waals surface area contributed by atoms with E-state index in [2.05, 4.69) is 15.0 Å². The van der Waals surface area contributed by atoms with Crippen molar-refractivity contribution in [2.45, 2.75) is 6.54 Å². The molecule has 7 nitrogen and oxygen atoms in total. The highest BCUT2D eigenvalue weighted by Gasteiger charge is 2.08. The summed E-state index contributed by atoms with van der Waals surface area (Å²) in [4.78, 5) is 31.9. The van der Waals surface area contributed by atoms with Gasteiger partial charge in [-0.3, -0.25) is 4.79 Å². The summed E-state index contributed by atoms with van der Waals surface area (Å²) in [7, 11) is 0. The molecule has 2 rings (SSSR count). The average molecular weight is 220 g/mol. The number of hydrogen-bond acceptors (Lipinski definition) is 4. The van der Waals surface area contributed by atoms with Crippen LogP contribution in [0.2, 0.25) is 0 Å². The predicted molar refractivity (Wildman–Crippen MR) is 53.1 cm³/mol. The van der Waals surface area contributed by atoms with E-state index in [0.717, 1.165) is 6.07 Å². The number of carbonyl (C=O) groups is 1. The van der Waals surface area contributed by atoms with Gasteiger partial charge in [-0.15, -0.1) is 0 Å². The van der Waals surface area contributed by atoms with Crippen LogP contribution in [-0.2, 0) is 6.54 Å². The Morgan fingerprint density at radius 3 is 3.00 bits per heavy atom. The molecule has 0 spiro atoms. The monoisotopic (exact) mass is 220 g/mol. The lowest BCUT2D eigenvalue weighted by Gasteiger charge is -2.02. The number of hydrogen-bond donors (Lipinski definition) is 2. The molecule has 2 aromatic rings. The van der Waals surface area contributed by atoms with Crippen molar-refractivity contribution >= 4 is 5.97 Å². The van der Waals surface area contributed by atoms with E-state index in [4.69, 9.17) is 5.11 Å². The Bertz CT molecular complexity index is 558. The summed E-state index contributed by atoms with van der Waals surface area (Å²) in [6.07, 6.45) is 4.82. The van der Waals surface area contributed by atoms with E-state index < -0.39 is 11.5 Å².